The van der Waals surface area contributed by atoms with E-state index in [1.807, 2.05) is 37.3 Å². The van der Waals surface area contributed by atoms with Crippen molar-refractivity contribution in [1.29, 1.82) is 0 Å². The lowest BCUT2D eigenvalue weighted by atomic mass is 10.00. The van der Waals surface area contributed by atoms with Crippen molar-refractivity contribution in [2.75, 3.05) is 12.4 Å². The molecule has 4 aromatic rings. The number of rotatable bonds is 8. The predicted octanol–water partition coefficient (Wildman–Crippen LogP) is 3.13. The Morgan fingerprint density at radius 2 is 1.82 bits per heavy atom. The van der Waals surface area contributed by atoms with Crippen molar-refractivity contribution in [1.82, 2.24) is 19.9 Å². The molecule has 9 heteroatoms. The Labute approximate surface area is 190 Å². The summed E-state index contributed by atoms with van der Waals surface area (Å²) in [6.45, 7) is 1.99. The lowest BCUT2D eigenvalue weighted by molar-refractivity contribution is 0.0987. The number of hydrogen-bond acceptors (Lipinski definition) is 8. The van der Waals surface area contributed by atoms with E-state index >= 15 is 0 Å². The summed E-state index contributed by atoms with van der Waals surface area (Å²) in [6, 6.07) is 13.1. The topological polar surface area (TPSA) is 133 Å². The van der Waals surface area contributed by atoms with Crippen molar-refractivity contribution < 1.29 is 14.3 Å². The van der Waals surface area contributed by atoms with Gasteiger partial charge in [-0.2, -0.15) is 0 Å². The van der Waals surface area contributed by atoms with E-state index in [9.17, 15) is 9.59 Å². The van der Waals surface area contributed by atoms with E-state index in [-0.39, 0.29) is 24.3 Å². The van der Waals surface area contributed by atoms with E-state index in [0.717, 1.165) is 11.1 Å². The molecule has 0 unspecified atom stereocenters. The highest BCUT2D eigenvalue weighted by molar-refractivity contribution is 6.06. The number of nitrogens with one attached hydrogen (secondary N) is 1. The Morgan fingerprint density at radius 3 is 2.55 bits per heavy atom. The summed E-state index contributed by atoms with van der Waals surface area (Å²) in [5, 5.41) is 4.07. The van der Waals surface area contributed by atoms with Crippen LogP contribution in [0.15, 0.2) is 61.2 Å². The molecule has 1 amide bonds. The van der Waals surface area contributed by atoms with E-state index in [2.05, 4.69) is 25.3 Å². The molecule has 0 bridgehead atoms. The van der Waals surface area contributed by atoms with Crippen molar-refractivity contribution in [3.63, 3.8) is 0 Å². The number of amides is 1. The first-order valence-electron chi connectivity index (χ1n) is 10.2. The highest BCUT2D eigenvalue weighted by atomic mass is 16.5. The number of carbonyl (C=O) groups excluding carboxylic acids is 2. The lowest BCUT2D eigenvalue weighted by Crippen LogP contribution is -2.13. The van der Waals surface area contributed by atoms with Gasteiger partial charge in [0, 0.05) is 30.2 Å². The van der Waals surface area contributed by atoms with Crippen LogP contribution in [0.25, 0.3) is 10.9 Å². The molecule has 0 aliphatic carbocycles. The number of ether oxygens (including phenoxy) is 1. The number of carbonyl (C=O) groups is 2. The van der Waals surface area contributed by atoms with Gasteiger partial charge in [0.1, 0.15) is 12.1 Å². The van der Waals surface area contributed by atoms with Crippen LogP contribution in [-0.4, -0.2) is 38.7 Å². The molecule has 2 heterocycles. The Kier molecular flexibility index (Phi) is 6.21. The first-order valence-corrected chi connectivity index (χ1v) is 10.2. The Balaban J connectivity index is 1.53. The fraction of sp³-hybridized carbons (Fsp3) is 0.167. The molecule has 33 heavy (non-hydrogen) atoms. The van der Waals surface area contributed by atoms with Gasteiger partial charge in [-0.25, -0.2) is 19.9 Å². The van der Waals surface area contributed by atoms with Crippen LogP contribution in [0, 0.1) is 0 Å². The summed E-state index contributed by atoms with van der Waals surface area (Å²) in [7, 11) is 1.47. The molecule has 1 atom stereocenters. The Hall–Kier alpha value is -4.40. The molecule has 3 N–H and O–H groups in total. The number of primary amides is 1. The zero-order valence-corrected chi connectivity index (χ0v) is 18.1. The molecule has 166 valence electrons. The van der Waals surface area contributed by atoms with Gasteiger partial charge in [0.15, 0.2) is 5.78 Å². The van der Waals surface area contributed by atoms with Crippen molar-refractivity contribution >= 4 is 28.4 Å². The second kappa shape index (κ2) is 9.39. The van der Waals surface area contributed by atoms with Crippen LogP contribution in [0.4, 0.5) is 5.82 Å². The first kappa shape index (κ1) is 21.8. The largest absolute Gasteiger partial charge is 0.467 e. The fourth-order valence-corrected chi connectivity index (χ4v) is 3.52. The molecule has 2 aromatic heterocycles. The van der Waals surface area contributed by atoms with Crippen LogP contribution in [0.1, 0.15) is 44.8 Å². The van der Waals surface area contributed by atoms with Gasteiger partial charge in [0.2, 0.25) is 0 Å². The van der Waals surface area contributed by atoms with Gasteiger partial charge in [-0.1, -0.05) is 30.3 Å². The van der Waals surface area contributed by atoms with Crippen molar-refractivity contribution in [2.24, 2.45) is 5.73 Å². The number of anilines is 1. The van der Waals surface area contributed by atoms with Crippen molar-refractivity contribution in [2.45, 2.75) is 19.4 Å². The van der Waals surface area contributed by atoms with Crippen LogP contribution >= 0.6 is 0 Å². The normalized spacial score (nSPS) is 11.7. The summed E-state index contributed by atoms with van der Waals surface area (Å²) >= 11 is 0. The number of nitrogens with two attached hydrogens (primary N) is 1. The molecule has 0 spiro atoms. The summed E-state index contributed by atoms with van der Waals surface area (Å²) in [5.74, 6) is -0.0402. The zero-order chi connectivity index (χ0) is 23.4. The van der Waals surface area contributed by atoms with Gasteiger partial charge in [0.25, 0.3) is 5.91 Å². The smallest absolute Gasteiger partial charge is 0.316 e. The molecule has 0 aliphatic heterocycles. The first-order chi connectivity index (χ1) is 16.0. The van der Waals surface area contributed by atoms with Gasteiger partial charge in [-0.15, -0.1) is 0 Å². The third-order valence-corrected chi connectivity index (χ3v) is 5.23. The van der Waals surface area contributed by atoms with Gasteiger partial charge in [0.05, 0.1) is 23.8 Å². The van der Waals surface area contributed by atoms with E-state index in [4.69, 9.17) is 10.5 Å². The number of ketones is 1. The number of methoxy groups -OCH3 is 1. The van der Waals surface area contributed by atoms with E-state index < -0.39 is 5.91 Å². The third-order valence-electron chi connectivity index (χ3n) is 5.23. The molecule has 9 nitrogen and oxygen atoms in total. The number of Topliss-reactive ketones (excluding diaryl/α,β-unsaturated/α-hetero) is 1. The number of benzene rings is 2. The molecule has 0 saturated carbocycles. The fourth-order valence-electron chi connectivity index (χ4n) is 3.52. The lowest BCUT2D eigenvalue weighted by Gasteiger charge is -2.17. The molecule has 4 rings (SSSR count). The Bertz CT molecular complexity index is 1320. The summed E-state index contributed by atoms with van der Waals surface area (Å²) < 4.78 is 4.93. The van der Waals surface area contributed by atoms with E-state index in [1.165, 1.54) is 25.8 Å². The minimum atomic E-state index is -0.544. The number of nitrogens with zero attached hydrogens (tertiary/aromatic N) is 4. The zero-order valence-electron chi connectivity index (χ0n) is 18.1. The summed E-state index contributed by atoms with van der Waals surface area (Å²) in [4.78, 5) is 40.9. The van der Waals surface area contributed by atoms with E-state index in [1.54, 1.807) is 12.1 Å². The predicted molar refractivity (Wildman–Crippen MR) is 123 cm³/mol. The van der Waals surface area contributed by atoms with Crippen LogP contribution < -0.4 is 15.8 Å². The molecule has 0 fully saturated rings. The monoisotopic (exact) mass is 442 g/mol. The quantitative estimate of drug-likeness (QED) is 0.398. The summed E-state index contributed by atoms with van der Waals surface area (Å²) in [6.07, 6.45) is 4.54. The highest BCUT2D eigenvalue weighted by Gasteiger charge is 2.15. The SMILES string of the molecule is COc1ncc(C(=O)Cc2cccc([C@@H](C)Nc3ncnc4c(C(N)=O)cccc34)c2)cn1. The van der Waals surface area contributed by atoms with Crippen LogP contribution in [0.2, 0.25) is 0 Å². The second-order valence-corrected chi connectivity index (χ2v) is 7.46. The maximum Gasteiger partial charge on any atom is 0.316 e. The highest BCUT2D eigenvalue weighted by Crippen LogP contribution is 2.26. The minimum Gasteiger partial charge on any atom is -0.467 e. The van der Waals surface area contributed by atoms with Crippen LogP contribution in [0.3, 0.4) is 0 Å². The van der Waals surface area contributed by atoms with Gasteiger partial charge in [-0.05, 0) is 30.2 Å². The standard InChI is InChI=1S/C24H22N6O3/c1-14(30-23-19-8-4-7-18(22(25)32)21(19)28-13-29-23)16-6-3-5-15(9-16)10-20(31)17-11-26-24(33-2)27-12-17/h3-9,11-14H,10H2,1-2H3,(H2,25,32)(H,28,29,30)/t14-/m1/s1. The van der Waals surface area contributed by atoms with E-state index in [0.29, 0.717) is 27.8 Å². The van der Waals surface area contributed by atoms with Crippen LogP contribution in [0.5, 0.6) is 6.01 Å². The van der Waals surface area contributed by atoms with Gasteiger partial charge < -0.3 is 15.8 Å². The second-order valence-electron chi connectivity index (χ2n) is 7.46. The average Bonchev–Trinajstić information content (AvgIpc) is 2.84. The minimum absolute atomic E-state index is 0.0869. The number of aromatic nitrogens is 4. The molecular formula is C24H22N6O3. The number of hydrogen-bond donors (Lipinski definition) is 2. The van der Waals surface area contributed by atoms with Gasteiger partial charge in [-0.3, -0.25) is 9.59 Å². The molecule has 0 aliphatic rings. The average molecular weight is 442 g/mol. The molecular weight excluding hydrogens is 420 g/mol. The van der Waals surface area contributed by atoms with Crippen LogP contribution in [-0.2, 0) is 6.42 Å². The molecule has 2 aromatic carbocycles. The van der Waals surface area contributed by atoms with Crippen molar-refractivity contribution in [3.05, 3.63) is 83.4 Å². The third kappa shape index (κ3) is 4.77. The Morgan fingerprint density at radius 1 is 1.06 bits per heavy atom. The van der Waals surface area contributed by atoms with Gasteiger partial charge >= 0.3 is 6.01 Å². The molecule has 0 radical (unpaired) electrons. The maximum absolute atomic E-state index is 12.6. The molecule has 0 saturated heterocycles. The number of para-hydroxylation sites is 1. The maximum atomic E-state index is 12.6. The summed E-state index contributed by atoms with van der Waals surface area (Å²) in [5.41, 5.74) is 8.57. The number of fused-ring (bicyclic) bond motifs is 1. The van der Waals surface area contributed by atoms with Crippen molar-refractivity contribution in [3.8, 4) is 6.01 Å².